The van der Waals surface area contributed by atoms with Gasteiger partial charge in [-0.15, -0.1) is 0 Å². The predicted molar refractivity (Wildman–Crippen MR) is 59.4 cm³/mol. The Morgan fingerprint density at radius 3 is 2.93 bits per heavy atom. The van der Waals surface area contributed by atoms with Crippen LogP contribution >= 0.6 is 0 Å². The lowest BCUT2D eigenvalue weighted by Gasteiger charge is -2.18. The molecule has 0 aromatic heterocycles. The molecule has 0 bridgehead atoms. The van der Waals surface area contributed by atoms with E-state index >= 15 is 0 Å². The number of carbonyl (C=O) groups is 1. The van der Waals surface area contributed by atoms with E-state index in [-0.39, 0.29) is 5.97 Å². The number of hydrogen-bond donors (Lipinski definition) is 0. The van der Waals surface area contributed by atoms with Gasteiger partial charge in [-0.05, 0) is 36.0 Å². The highest BCUT2D eigenvalue weighted by molar-refractivity contribution is 5.92. The third-order valence-corrected chi connectivity index (χ3v) is 2.75. The van der Waals surface area contributed by atoms with E-state index in [4.69, 9.17) is 0 Å². The summed E-state index contributed by atoms with van der Waals surface area (Å²) in [5, 5.41) is 0. The van der Waals surface area contributed by atoms with E-state index in [2.05, 4.69) is 16.9 Å². The summed E-state index contributed by atoms with van der Waals surface area (Å²) >= 11 is 0. The molecular weight excluding hydrogens is 188 g/mol. The topological polar surface area (TPSA) is 26.3 Å². The Balaban J connectivity index is 2.37. The zero-order valence-corrected chi connectivity index (χ0v) is 8.82. The smallest absolute Gasteiger partial charge is 0.330 e. The number of carbonyl (C=O) groups excluding carboxylic acids is 1. The lowest BCUT2D eigenvalue weighted by Crippen LogP contribution is -2.04. The summed E-state index contributed by atoms with van der Waals surface area (Å²) in [6.07, 6.45) is 4.79. The fourth-order valence-corrected chi connectivity index (χ4v) is 2.01. The fraction of sp³-hybridized carbons (Fsp3) is 0.308. The molecule has 0 saturated carbocycles. The normalized spacial score (nSPS) is 17.3. The molecule has 0 N–H and O–H groups in total. The summed E-state index contributed by atoms with van der Waals surface area (Å²) in [4.78, 5) is 11.2. The van der Waals surface area contributed by atoms with E-state index in [1.54, 1.807) is 6.08 Å². The van der Waals surface area contributed by atoms with Gasteiger partial charge in [-0.2, -0.15) is 0 Å². The van der Waals surface area contributed by atoms with Crippen molar-refractivity contribution in [3.63, 3.8) is 0 Å². The first-order valence-electron chi connectivity index (χ1n) is 5.18. The molecule has 1 aliphatic rings. The summed E-state index contributed by atoms with van der Waals surface area (Å²) in [5.74, 6) is -0.262. The summed E-state index contributed by atoms with van der Waals surface area (Å²) in [6.45, 7) is 0. The van der Waals surface area contributed by atoms with Gasteiger partial charge in [0.05, 0.1) is 7.11 Å². The SMILES string of the molecule is COC(=O)/C=C1/CCCc2ccccc21. The molecule has 2 rings (SSSR count). The first-order chi connectivity index (χ1) is 7.31. The Morgan fingerprint density at radius 2 is 2.13 bits per heavy atom. The third-order valence-electron chi connectivity index (χ3n) is 2.75. The van der Waals surface area contributed by atoms with E-state index in [9.17, 15) is 4.79 Å². The Kier molecular flexibility index (Phi) is 2.86. The Labute approximate surface area is 89.6 Å². The average molecular weight is 202 g/mol. The highest BCUT2D eigenvalue weighted by Gasteiger charge is 2.14. The third kappa shape index (κ3) is 2.09. The van der Waals surface area contributed by atoms with Crippen LogP contribution in [0.1, 0.15) is 24.0 Å². The molecule has 0 unspecified atom stereocenters. The molecule has 15 heavy (non-hydrogen) atoms. The number of allylic oxidation sites excluding steroid dienone is 1. The van der Waals surface area contributed by atoms with Crippen LogP contribution in [-0.4, -0.2) is 13.1 Å². The molecular formula is C13H14O2. The van der Waals surface area contributed by atoms with E-state index < -0.39 is 0 Å². The van der Waals surface area contributed by atoms with Crippen molar-refractivity contribution in [1.82, 2.24) is 0 Å². The number of benzene rings is 1. The Bertz CT molecular complexity index is 405. The van der Waals surface area contributed by atoms with Crippen molar-refractivity contribution in [2.75, 3.05) is 7.11 Å². The predicted octanol–water partition coefficient (Wildman–Crippen LogP) is 2.58. The van der Waals surface area contributed by atoms with Gasteiger partial charge in [0.25, 0.3) is 0 Å². The molecule has 0 atom stereocenters. The minimum absolute atomic E-state index is 0.262. The molecule has 1 aliphatic carbocycles. The van der Waals surface area contributed by atoms with Crippen LogP contribution in [0.15, 0.2) is 30.3 Å². The van der Waals surface area contributed by atoms with Crippen LogP contribution < -0.4 is 0 Å². The van der Waals surface area contributed by atoms with Crippen molar-refractivity contribution in [3.8, 4) is 0 Å². The van der Waals surface area contributed by atoms with Crippen LogP contribution in [0.2, 0.25) is 0 Å². The van der Waals surface area contributed by atoms with Crippen molar-refractivity contribution in [2.45, 2.75) is 19.3 Å². The van der Waals surface area contributed by atoms with E-state index in [1.165, 1.54) is 18.2 Å². The first-order valence-corrected chi connectivity index (χ1v) is 5.18. The largest absolute Gasteiger partial charge is 0.466 e. The highest BCUT2D eigenvalue weighted by Crippen LogP contribution is 2.30. The van der Waals surface area contributed by atoms with Crippen LogP contribution in [0.5, 0.6) is 0 Å². The second-order valence-electron chi connectivity index (χ2n) is 3.70. The van der Waals surface area contributed by atoms with E-state index in [1.807, 2.05) is 12.1 Å². The zero-order chi connectivity index (χ0) is 10.7. The number of methoxy groups -OCH3 is 1. The first kappa shape index (κ1) is 9.97. The molecule has 0 radical (unpaired) electrons. The summed E-state index contributed by atoms with van der Waals surface area (Å²) in [7, 11) is 1.41. The van der Waals surface area contributed by atoms with Gasteiger partial charge in [-0.1, -0.05) is 24.3 Å². The standard InChI is InChI=1S/C13H14O2/c1-15-13(14)9-11-7-4-6-10-5-2-3-8-12(10)11/h2-3,5,8-9H,4,6-7H2,1H3/b11-9-. The molecule has 0 fully saturated rings. The summed E-state index contributed by atoms with van der Waals surface area (Å²) in [6, 6.07) is 8.25. The number of aryl methyl sites for hydroxylation is 1. The van der Waals surface area contributed by atoms with Gasteiger partial charge >= 0.3 is 5.97 Å². The Hall–Kier alpha value is -1.57. The number of esters is 1. The summed E-state index contributed by atoms with van der Waals surface area (Å²) < 4.78 is 4.65. The number of fused-ring (bicyclic) bond motifs is 1. The van der Waals surface area contributed by atoms with Gasteiger partial charge in [0, 0.05) is 6.08 Å². The summed E-state index contributed by atoms with van der Waals surface area (Å²) in [5.41, 5.74) is 3.64. The van der Waals surface area contributed by atoms with Crippen LogP contribution in [0.3, 0.4) is 0 Å². The van der Waals surface area contributed by atoms with Crippen LogP contribution in [-0.2, 0) is 16.0 Å². The number of ether oxygens (including phenoxy) is 1. The van der Waals surface area contributed by atoms with Crippen molar-refractivity contribution >= 4 is 11.5 Å². The van der Waals surface area contributed by atoms with Crippen molar-refractivity contribution in [3.05, 3.63) is 41.5 Å². The molecule has 2 heteroatoms. The molecule has 0 amide bonds. The average Bonchev–Trinajstić information content (AvgIpc) is 2.29. The Morgan fingerprint density at radius 1 is 1.33 bits per heavy atom. The van der Waals surface area contributed by atoms with E-state index in [0.717, 1.165) is 24.8 Å². The molecule has 0 saturated heterocycles. The van der Waals surface area contributed by atoms with Gasteiger partial charge in [-0.25, -0.2) is 4.79 Å². The quantitative estimate of drug-likeness (QED) is 0.517. The van der Waals surface area contributed by atoms with Crippen molar-refractivity contribution in [2.24, 2.45) is 0 Å². The van der Waals surface area contributed by atoms with E-state index in [0.29, 0.717) is 0 Å². The highest BCUT2D eigenvalue weighted by atomic mass is 16.5. The van der Waals surface area contributed by atoms with Gasteiger partial charge in [0.15, 0.2) is 0 Å². The second-order valence-corrected chi connectivity index (χ2v) is 3.70. The molecule has 0 aliphatic heterocycles. The second kappa shape index (κ2) is 4.30. The monoisotopic (exact) mass is 202 g/mol. The number of hydrogen-bond acceptors (Lipinski definition) is 2. The number of rotatable bonds is 1. The maximum absolute atomic E-state index is 11.2. The van der Waals surface area contributed by atoms with Gasteiger partial charge < -0.3 is 4.74 Å². The lowest BCUT2D eigenvalue weighted by atomic mass is 9.87. The molecule has 78 valence electrons. The van der Waals surface area contributed by atoms with Crippen molar-refractivity contribution < 1.29 is 9.53 Å². The molecule has 0 heterocycles. The van der Waals surface area contributed by atoms with Crippen molar-refractivity contribution in [1.29, 1.82) is 0 Å². The minimum atomic E-state index is -0.262. The van der Waals surface area contributed by atoms with Gasteiger partial charge in [0.2, 0.25) is 0 Å². The van der Waals surface area contributed by atoms with Crippen LogP contribution in [0.4, 0.5) is 0 Å². The lowest BCUT2D eigenvalue weighted by molar-refractivity contribution is -0.134. The molecule has 1 aromatic carbocycles. The fourth-order valence-electron chi connectivity index (χ4n) is 2.01. The van der Waals surface area contributed by atoms with Gasteiger partial charge in [0.1, 0.15) is 0 Å². The zero-order valence-electron chi connectivity index (χ0n) is 8.82. The maximum Gasteiger partial charge on any atom is 0.330 e. The van der Waals surface area contributed by atoms with Crippen LogP contribution in [0.25, 0.3) is 5.57 Å². The van der Waals surface area contributed by atoms with Crippen LogP contribution in [0, 0.1) is 0 Å². The minimum Gasteiger partial charge on any atom is -0.466 e. The van der Waals surface area contributed by atoms with Gasteiger partial charge in [-0.3, -0.25) is 0 Å². The maximum atomic E-state index is 11.2. The molecule has 2 nitrogen and oxygen atoms in total. The molecule has 1 aromatic rings. The molecule has 0 spiro atoms.